The molecular formula is C15H21FN2O4. The first-order chi connectivity index (χ1) is 10.3. The van der Waals surface area contributed by atoms with Crippen LogP contribution >= 0.6 is 0 Å². The van der Waals surface area contributed by atoms with Gasteiger partial charge >= 0.3 is 5.97 Å². The molecule has 1 N–H and O–H groups in total. The molecule has 0 aromatic carbocycles. The monoisotopic (exact) mass is 312 g/mol. The Bertz CT molecular complexity index is 572. The zero-order valence-electron chi connectivity index (χ0n) is 13.2. The van der Waals surface area contributed by atoms with Gasteiger partial charge in [-0.3, -0.25) is 9.74 Å². The minimum Gasteiger partial charge on any atom is -0.515 e. The Balaban J connectivity index is 2.56. The van der Waals surface area contributed by atoms with E-state index in [9.17, 15) is 19.2 Å². The smallest absolute Gasteiger partial charge is 0.371 e. The third kappa shape index (κ3) is 2.20. The molecule has 0 saturated heterocycles. The number of carbonyl (C=O) groups is 2. The number of carbonyl (C=O) groups excluding carboxylic acids is 2. The molecule has 0 spiro atoms. The van der Waals surface area contributed by atoms with Gasteiger partial charge in [-0.1, -0.05) is 20.3 Å². The lowest BCUT2D eigenvalue weighted by Gasteiger charge is -2.36. The molecule has 2 unspecified atom stereocenters. The van der Waals surface area contributed by atoms with Crippen molar-refractivity contribution in [1.29, 1.82) is 0 Å². The molecule has 0 saturated carbocycles. The number of nitrogens with zero attached hydrogens (tertiary/aromatic N) is 2. The van der Waals surface area contributed by atoms with Gasteiger partial charge in [0.05, 0.1) is 6.26 Å². The van der Waals surface area contributed by atoms with Crippen LogP contribution in [0.4, 0.5) is 4.53 Å². The summed E-state index contributed by atoms with van der Waals surface area (Å²) in [5, 5.41) is 12.5. The van der Waals surface area contributed by atoms with E-state index in [1.807, 2.05) is 13.8 Å². The third-order valence-corrected chi connectivity index (χ3v) is 4.73. The minimum absolute atomic E-state index is 0.312. The first kappa shape index (κ1) is 16.5. The van der Waals surface area contributed by atoms with Gasteiger partial charge in [0.15, 0.2) is 6.04 Å². The maximum atomic E-state index is 12.7. The summed E-state index contributed by atoms with van der Waals surface area (Å²) in [5.41, 5.74) is 0.592. The van der Waals surface area contributed by atoms with Crippen LogP contribution in [0.5, 0.6) is 0 Å². The topological polar surface area (TPSA) is 70.1 Å². The molecule has 0 fully saturated rings. The predicted molar refractivity (Wildman–Crippen MR) is 76.9 cm³/mol. The minimum atomic E-state index is -1.04. The highest BCUT2D eigenvalue weighted by molar-refractivity contribution is 6.11. The second-order valence-corrected chi connectivity index (χ2v) is 6.13. The Hall–Kier alpha value is -1.89. The van der Waals surface area contributed by atoms with E-state index in [-0.39, 0.29) is 5.78 Å². The van der Waals surface area contributed by atoms with Gasteiger partial charge in [0, 0.05) is 29.6 Å². The lowest BCUT2D eigenvalue weighted by molar-refractivity contribution is -0.191. The van der Waals surface area contributed by atoms with Gasteiger partial charge in [-0.25, -0.2) is 9.80 Å². The summed E-state index contributed by atoms with van der Waals surface area (Å²) < 4.78 is 12.4. The maximum Gasteiger partial charge on any atom is 0.371 e. The number of rotatable bonds is 3. The third-order valence-electron chi connectivity index (χ3n) is 4.73. The second-order valence-electron chi connectivity index (χ2n) is 6.13. The molecule has 1 aliphatic carbocycles. The number of hydrazine groups is 1. The molecule has 7 heteroatoms. The molecule has 2 aliphatic rings. The molecular weight excluding hydrogens is 291 g/mol. The molecule has 22 heavy (non-hydrogen) atoms. The largest absolute Gasteiger partial charge is 0.515 e. The van der Waals surface area contributed by atoms with E-state index in [2.05, 4.69) is 4.94 Å². The van der Waals surface area contributed by atoms with E-state index in [1.54, 1.807) is 14.1 Å². The number of Topliss-reactive ketones (excluding diaryl/α,β-unsaturated/α-hetero) is 1. The van der Waals surface area contributed by atoms with Crippen LogP contribution in [0.3, 0.4) is 0 Å². The van der Waals surface area contributed by atoms with Gasteiger partial charge < -0.3 is 10.1 Å². The fraction of sp³-hybridized carbons (Fsp3) is 0.600. The molecule has 2 rings (SSSR count). The Morgan fingerprint density at radius 2 is 2.18 bits per heavy atom. The standard InChI is InChI=1S/C15H21FN2O4/c1-5-6-15(2)7-9-11(13(20)10(15)8-19)17(3)18(4)12(9)14(21)22-16/h8,12,19H,5-7H2,1-4H3/b10-8+. The summed E-state index contributed by atoms with van der Waals surface area (Å²) in [6.07, 6.45) is 2.74. The number of allylic oxidation sites excluding steroid dienone is 1. The van der Waals surface area contributed by atoms with E-state index >= 15 is 0 Å². The average Bonchev–Trinajstić information content (AvgIpc) is 2.70. The summed E-state index contributed by atoms with van der Waals surface area (Å²) in [7, 11) is 3.21. The van der Waals surface area contributed by atoms with Crippen molar-refractivity contribution in [3.63, 3.8) is 0 Å². The van der Waals surface area contributed by atoms with E-state index in [0.717, 1.165) is 12.7 Å². The summed E-state index contributed by atoms with van der Waals surface area (Å²) in [6, 6.07) is -0.953. The van der Waals surface area contributed by atoms with Gasteiger partial charge in [-0.15, -0.1) is 0 Å². The Labute approximate surface area is 128 Å². The number of hydrogen-bond donors (Lipinski definition) is 1. The van der Waals surface area contributed by atoms with E-state index in [0.29, 0.717) is 29.7 Å². The summed E-state index contributed by atoms with van der Waals surface area (Å²) in [5.74, 6) is -1.37. The molecule has 2 atom stereocenters. The summed E-state index contributed by atoms with van der Waals surface area (Å²) in [4.78, 5) is 27.9. The molecule has 0 amide bonds. The van der Waals surface area contributed by atoms with Crippen LogP contribution in [0.15, 0.2) is 23.1 Å². The quantitative estimate of drug-likeness (QED) is 0.635. The fourth-order valence-corrected chi connectivity index (χ4v) is 3.61. The van der Waals surface area contributed by atoms with Gasteiger partial charge in [0.25, 0.3) is 0 Å². The second kappa shape index (κ2) is 5.72. The molecule has 0 radical (unpaired) electrons. The SMILES string of the molecule is CCCC1(C)CC2=C(C(=O)/C1=C\O)N(C)N(C)C2C(=O)OF. The van der Waals surface area contributed by atoms with E-state index in [4.69, 9.17) is 0 Å². The van der Waals surface area contributed by atoms with Crippen molar-refractivity contribution in [2.45, 2.75) is 39.2 Å². The maximum absolute atomic E-state index is 12.7. The highest BCUT2D eigenvalue weighted by Gasteiger charge is 2.51. The average molecular weight is 312 g/mol. The van der Waals surface area contributed by atoms with Crippen LogP contribution in [-0.2, 0) is 14.5 Å². The van der Waals surface area contributed by atoms with Crippen LogP contribution in [-0.4, -0.2) is 47.0 Å². The highest BCUT2D eigenvalue weighted by atomic mass is 19.3. The first-order valence-corrected chi connectivity index (χ1v) is 7.23. The number of hydrogen-bond acceptors (Lipinski definition) is 6. The molecule has 0 bridgehead atoms. The van der Waals surface area contributed by atoms with Crippen molar-refractivity contribution in [3.8, 4) is 0 Å². The molecule has 122 valence electrons. The van der Waals surface area contributed by atoms with Gasteiger partial charge in [0.1, 0.15) is 5.70 Å². The summed E-state index contributed by atoms with van der Waals surface area (Å²) in [6.45, 7) is 3.85. The van der Waals surface area contributed by atoms with E-state index in [1.165, 1.54) is 10.0 Å². The zero-order chi connectivity index (χ0) is 16.7. The molecule has 1 heterocycles. The lowest BCUT2D eigenvalue weighted by atomic mass is 9.67. The molecule has 1 aliphatic heterocycles. The molecule has 0 aromatic rings. The zero-order valence-corrected chi connectivity index (χ0v) is 13.2. The number of halogens is 1. The van der Waals surface area contributed by atoms with Crippen molar-refractivity contribution in [3.05, 3.63) is 23.1 Å². The van der Waals surface area contributed by atoms with Crippen molar-refractivity contribution in [2.75, 3.05) is 14.1 Å². The number of likely N-dealkylation sites (N-methyl/N-ethyl adjacent to an activating group) is 2. The Kier molecular flexibility index (Phi) is 4.28. The summed E-state index contributed by atoms with van der Waals surface area (Å²) >= 11 is 0. The van der Waals surface area contributed by atoms with Crippen LogP contribution < -0.4 is 0 Å². The highest BCUT2D eigenvalue weighted by Crippen LogP contribution is 2.49. The van der Waals surface area contributed by atoms with Crippen molar-refractivity contribution < 1.29 is 24.2 Å². The van der Waals surface area contributed by atoms with Crippen molar-refractivity contribution >= 4 is 11.8 Å². The number of aliphatic hydroxyl groups excluding tert-OH is 1. The van der Waals surface area contributed by atoms with Crippen LogP contribution in [0.25, 0.3) is 0 Å². The van der Waals surface area contributed by atoms with Crippen molar-refractivity contribution in [2.24, 2.45) is 5.41 Å². The van der Waals surface area contributed by atoms with Crippen LogP contribution in [0.1, 0.15) is 33.1 Å². The molecule has 6 nitrogen and oxygen atoms in total. The van der Waals surface area contributed by atoms with Gasteiger partial charge in [0.2, 0.25) is 5.78 Å². The fourth-order valence-electron chi connectivity index (χ4n) is 3.61. The van der Waals surface area contributed by atoms with Gasteiger partial charge in [-0.05, 0) is 18.4 Å². The van der Waals surface area contributed by atoms with Crippen LogP contribution in [0, 0.1) is 5.41 Å². The lowest BCUT2D eigenvalue weighted by Crippen LogP contribution is -2.42. The Morgan fingerprint density at radius 1 is 1.55 bits per heavy atom. The van der Waals surface area contributed by atoms with Gasteiger partial charge in [-0.2, -0.15) is 0 Å². The van der Waals surface area contributed by atoms with E-state index < -0.39 is 17.4 Å². The molecule has 0 aromatic heterocycles. The number of ketones is 1. The Morgan fingerprint density at radius 3 is 2.68 bits per heavy atom. The first-order valence-electron chi connectivity index (χ1n) is 7.23. The number of aliphatic hydroxyl groups is 1. The van der Waals surface area contributed by atoms with Crippen molar-refractivity contribution in [1.82, 2.24) is 10.0 Å². The normalized spacial score (nSPS) is 31.0. The predicted octanol–water partition coefficient (Wildman–Crippen LogP) is 2.05. The van der Waals surface area contributed by atoms with Crippen LogP contribution in [0.2, 0.25) is 0 Å².